The zero-order valence-corrected chi connectivity index (χ0v) is 11.2. The molecule has 0 heterocycles. The highest BCUT2D eigenvalue weighted by atomic mass is 14.9. The zero-order valence-electron chi connectivity index (χ0n) is 11.2. The highest BCUT2D eigenvalue weighted by Crippen LogP contribution is 2.19. The summed E-state index contributed by atoms with van der Waals surface area (Å²) in [7, 11) is 0. The van der Waals surface area contributed by atoms with E-state index in [1.165, 1.54) is 49.7 Å². The minimum atomic E-state index is 0.798. The Balaban J connectivity index is 0.000000606. The van der Waals surface area contributed by atoms with E-state index in [4.69, 9.17) is 0 Å². The van der Waals surface area contributed by atoms with E-state index in [-0.39, 0.29) is 0 Å². The fraction of sp³-hybridized carbons (Fsp3) is 0.733. The van der Waals surface area contributed by atoms with Crippen LogP contribution in [-0.2, 0) is 0 Å². The summed E-state index contributed by atoms with van der Waals surface area (Å²) >= 11 is 0. The molecule has 1 fully saturated rings. The molecule has 0 aromatic rings. The van der Waals surface area contributed by atoms with Crippen molar-refractivity contribution >= 4 is 0 Å². The van der Waals surface area contributed by atoms with Gasteiger partial charge in [-0.25, -0.2) is 0 Å². The first-order chi connectivity index (χ1) is 7.84. The molecule has 0 spiro atoms. The lowest BCUT2D eigenvalue weighted by molar-refractivity contribution is 0.550. The van der Waals surface area contributed by atoms with Crippen LogP contribution in [0, 0.1) is 0 Å². The van der Waals surface area contributed by atoms with Crippen molar-refractivity contribution in [3.8, 4) is 0 Å². The number of rotatable bonds is 3. The molecule has 92 valence electrons. The molecule has 1 nitrogen and oxygen atoms in total. The average molecular weight is 221 g/mol. The third-order valence-corrected chi connectivity index (χ3v) is 3.33. The van der Waals surface area contributed by atoms with Gasteiger partial charge in [0.2, 0.25) is 0 Å². The van der Waals surface area contributed by atoms with Crippen molar-refractivity contribution in [3.63, 3.8) is 0 Å². The average Bonchev–Trinajstić information content (AvgIpc) is 2.82. The molecular formula is C15H27N. The van der Waals surface area contributed by atoms with Gasteiger partial charge in [-0.05, 0) is 38.2 Å². The summed E-state index contributed by atoms with van der Waals surface area (Å²) in [4.78, 5) is 0. The molecule has 0 amide bonds. The summed E-state index contributed by atoms with van der Waals surface area (Å²) in [5, 5.41) is 3.66. The Bertz CT molecular complexity index is 244. The summed E-state index contributed by atoms with van der Waals surface area (Å²) in [6, 6.07) is 0.798. The quantitative estimate of drug-likeness (QED) is 0.752. The van der Waals surface area contributed by atoms with E-state index >= 15 is 0 Å². The van der Waals surface area contributed by atoms with Crippen molar-refractivity contribution in [2.24, 2.45) is 0 Å². The van der Waals surface area contributed by atoms with E-state index in [1.54, 1.807) is 0 Å². The smallest absolute Gasteiger partial charge is 0.0204 e. The highest BCUT2D eigenvalue weighted by Gasteiger charge is 2.14. The molecule has 1 N–H and O–H groups in total. The molecule has 0 aromatic carbocycles. The second-order valence-electron chi connectivity index (χ2n) is 4.67. The maximum absolute atomic E-state index is 3.66. The molecular weight excluding hydrogens is 194 g/mol. The molecule has 2 aliphatic carbocycles. The van der Waals surface area contributed by atoms with Crippen molar-refractivity contribution in [2.45, 2.75) is 65.3 Å². The van der Waals surface area contributed by atoms with Crippen LogP contribution < -0.4 is 5.32 Å². The zero-order chi connectivity index (χ0) is 11.8. The minimum Gasteiger partial charge on any atom is -0.310 e. The molecule has 2 rings (SSSR count). The molecule has 16 heavy (non-hydrogen) atoms. The van der Waals surface area contributed by atoms with Crippen LogP contribution >= 0.6 is 0 Å². The first-order valence-corrected chi connectivity index (χ1v) is 6.94. The van der Waals surface area contributed by atoms with Gasteiger partial charge in [0.1, 0.15) is 0 Å². The Labute approximate surface area is 101 Å². The van der Waals surface area contributed by atoms with Crippen molar-refractivity contribution < 1.29 is 0 Å². The SMILES string of the molecule is CC.CC1=CC(CNC2CCCC2)=CCC1. The fourth-order valence-corrected chi connectivity index (χ4v) is 2.45. The molecule has 0 radical (unpaired) electrons. The van der Waals surface area contributed by atoms with E-state index < -0.39 is 0 Å². The summed E-state index contributed by atoms with van der Waals surface area (Å²) in [6.07, 6.45) is 12.8. The van der Waals surface area contributed by atoms with E-state index in [9.17, 15) is 0 Å². The highest BCUT2D eigenvalue weighted by molar-refractivity contribution is 5.27. The van der Waals surface area contributed by atoms with Gasteiger partial charge >= 0.3 is 0 Å². The second-order valence-corrected chi connectivity index (χ2v) is 4.67. The monoisotopic (exact) mass is 221 g/mol. The molecule has 1 saturated carbocycles. The van der Waals surface area contributed by atoms with Gasteiger partial charge < -0.3 is 5.32 Å². The fourth-order valence-electron chi connectivity index (χ4n) is 2.45. The Morgan fingerprint density at radius 2 is 1.94 bits per heavy atom. The van der Waals surface area contributed by atoms with E-state index in [2.05, 4.69) is 24.4 Å². The van der Waals surface area contributed by atoms with Crippen LogP contribution in [0.2, 0.25) is 0 Å². The second kappa shape index (κ2) is 7.67. The lowest BCUT2D eigenvalue weighted by atomic mass is 10.0. The molecule has 0 aliphatic heterocycles. The van der Waals surface area contributed by atoms with Crippen molar-refractivity contribution in [3.05, 3.63) is 23.3 Å². The predicted molar refractivity (Wildman–Crippen MR) is 72.7 cm³/mol. The van der Waals surface area contributed by atoms with Gasteiger partial charge in [-0.1, -0.05) is 44.4 Å². The Morgan fingerprint density at radius 1 is 1.25 bits per heavy atom. The van der Waals surface area contributed by atoms with Crippen LogP contribution in [0.3, 0.4) is 0 Å². The van der Waals surface area contributed by atoms with Gasteiger partial charge in [0, 0.05) is 12.6 Å². The van der Waals surface area contributed by atoms with Crippen LogP contribution in [0.4, 0.5) is 0 Å². The van der Waals surface area contributed by atoms with Gasteiger partial charge in [0.25, 0.3) is 0 Å². The van der Waals surface area contributed by atoms with Gasteiger partial charge in [0.15, 0.2) is 0 Å². The maximum Gasteiger partial charge on any atom is 0.0204 e. The summed E-state index contributed by atoms with van der Waals surface area (Å²) in [6.45, 7) is 7.32. The van der Waals surface area contributed by atoms with Gasteiger partial charge in [-0.3, -0.25) is 0 Å². The number of allylic oxidation sites excluding steroid dienone is 2. The topological polar surface area (TPSA) is 12.0 Å². The van der Waals surface area contributed by atoms with Crippen molar-refractivity contribution in [1.82, 2.24) is 5.32 Å². The first-order valence-electron chi connectivity index (χ1n) is 6.94. The van der Waals surface area contributed by atoms with E-state index in [0.29, 0.717) is 0 Å². The van der Waals surface area contributed by atoms with Crippen LogP contribution in [0.15, 0.2) is 23.3 Å². The molecule has 0 atom stereocenters. The number of hydrogen-bond acceptors (Lipinski definition) is 1. The molecule has 1 heteroatoms. The largest absolute Gasteiger partial charge is 0.310 e. The molecule has 2 aliphatic rings. The Morgan fingerprint density at radius 3 is 2.56 bits per heavy atom. The third kappa shape index (κ3) is 4.52. The lowest BCUT2D eigenvalue weighted by Crippen LogP contribution is -2.27. The van der Waals surface area contributed by atoms with E-state index in [1.807, 2.05) is 13.8 Å². The van der Waals surface area contributed by atoms with Crippen LogP contribution in [-0.4, -0.2) is 12.6 Å². The first kappa shape index (κ1) is 13.5. The van der Waals surface area contributed by atoms with E-state index in [0.717, 1.165) is 12.6 Å². The van der Waals surface area contributed by atoms with Gasteiger partial charge in [-0.2, -0.15) is 0 Å². The van der Waals surface area contributed by atoms with Gasteiger partial charge in [-0.15, -0.1) is 0 Å². The van der Waals surface area contributed by atoms with Crippen molar-refractivity contribution in [1.29, 1.82) is 0 Å². The summed E-state index contributed by atoms with van der Waals surface area (Å²) in [5.41, 5.74) is 3.04. The maximum atomic E-state index is 3.66. The molecule has 0 aromatic heterocycles. The third-order valence-electron chi connectivity index (χ3n) is 3.33. The predicted octanol–water partition coefficient (Wildman–Crippen LogP) is 4.21. The molecule has 0 saturated heterocycles. The summed E-state index contributed by atoms with van der Waals surface area (Å²) in [5.74, 6) is 0. The van der Waals surface area contributed by atoms with Gasteiger partial charge in [0.05, 0.1) is 0 Å². The summed E-state index contributed by atoms with van der Waals surface area (Å²) < 4.78 is 0. The Hall–Kier alpha value is -0.560. The van der Waals surface area contributed by atoms with Crippen LogP contribution in [0.25, 0.3) is 0 Å². The normalized spacial score (nSPS) is 20.9. The standard InChI is InChI=1S/C13H21N.C2H6/c1-11-5-4-6-12(9-11)10-14-13-7-2-3-8-13;1-2/h6,9,13-14H,2-5,7-8,10H2,1H3;1-2H3. The Kier molecular flexibility index (Phi) is 6.47. The van der Waals surface area contributed by atoms with Crippen LogP contribution in [0.5, 0.6) is 0 Å². The van der Waals surface area contributed by atoms with Crippen molar-refractivity contribution in [2.75, 3.05) is 6.54 Å². The molecule has 0 bridgehead atoms. The number of hydrogen-bond donors (Lipinski definition) is 1. The van der Waals surface area contributed by atoms with Crippen LogP contribution in [0.1, 0.15) is 59.3 Å². The minimum absolute atomic E-state index is 0.798. The molecule has 0 unspecified atom stereocenters. The number of nitrogens with one attached hydrogen (secondary N) is 1. The lowest BCUT2D eigenvalue weighted by Gasteiger charge is -2.15.